The lowest BCUT2D eigenvalue weighted by atomic mass is 10.1. The number of rotatable bonds is 4. The van der Waals surface area contributed by atoms with Crippen molar-refractivity contribution in [2.45, 2.75) is 25.7 Å². The molecule has 0 amide bonds. The van der Waals surface area contributed by atoms with Crippen molar-refractivity contribution in [1.29, 1.82) is 0 Å². The van der Waals surface area contributed by atoms with Crippen LogP contribution in [0.1, 0.15) is 25.7 Å². The van der Waals surface area contributed by atoms with Gasteiger partial charge in [-0.05, 0) is 30.9 Å². The molecule has 88 valence electrons. The maximum absolute atomic E-state index is 5.88. The topological polar surface area (TPSA) is 44.5 Å². The summed E-state index contributed by atoms with van der Waals surface area (Å²) in [5, 5.41) is 0. The molecule has 1 aliphatic rings. The molecule has 0 atom stereocenters. The molecule has 0 spiro atoms. The first-order valence-electron chi connectivity index (χ1n) is 5.86. The summed E-state index contributed by atoms with van der Waals surface area (Å²) in [6.45, 7) is 0.788. The molecule has 1 aromatic carbocycles. The summed E-state index contributed by atoms with van der Waals surface area (Å²) in [5.41, 5.74) is 6.53. The molecule has 0 bridgehead atoms. The van der Waals surface area contributed by atoms with Gasteiger partial charge in [0.2, 0.25) is 0 Å². The Morgan fingerprint density at radius 1 is 1.31 bits per heavy atom. The predicted octanol–water partition coefficient (Wildman–Crippen LogP) is 2.85. The number of ether oxygens (including phenoxy) is 2. The van der Waals surface area contributed by atoms with Crippen molar-refractivity contribution in [1.82, 2.24) is 0 Å². The van der Waals surface area contributed by atoms with E-state index >= 15 is 0 Å². The second-order valence-corrected chi connectivity index (χ2v) is 4.37. The molecule has 1 aromatic rings. The van der Waals surface area contributed by atoms with E-state index in [9.17, 15) is 0 Å². The Bertz CT molecular complexity index is 346. The zero-order valence-electron chi connectivity index (χ0n) is 9.74. The van der Waals surface area contributed by atoms with Gasteiger partial charge < -0.3 is 15.2 Å². The van der Waals surface area contributed by atoms with Crippen molar-refractivity contribution >= 4 is 5.69 Å². The van der Waals surface area contributed by atoms with Gasteiger partial charge in [-0.2, -0.15) is 0 Å². The second kappa shape index (κ2) is 5.10. The van der Waals surface area contributed by atoms with E-state index in [4.69, 9.17) is 15.2 Å². The molecule has 2 N–H and O–H groups in total. The summed E-state index contributed by atoms with van der Waals surface area (Å²) in [5.74, 6) is 2.25. The highest BCUT2D eigenvalue weighted by atomic mass is 16.5. The smallest absolute Gasteiger partial charge is 0.142 e. The third-order valence-corrected chi connectivity index (χ3v) is 3.17. The highest BCUT2D eigenvalue weighted by Gasteiger charge is 2.16. The van der Waals surface area contributed by atoms with E-state index in [0.29, 0.717) is 11.6 Å². The first-order valence-corrected chi connectivity index (χ1v) is 5.86. The Hall–Kier alpha value is -1.38. The number of hydrogen-bond donors (Lipinski definition) is 1. The maximum Gasteiger partial charge on any atom is 0.142 e. The minimum absolute atomic E-state index is 0.650. The van der Waals surface area contributed by atoms with Crippen LogP contribution < -0.4 is 15.2 Å². The van der Waals surface area contributed by atoms with Gasteiger partial charge in [0.1, 0.15) is 11.5 Å². The van der Waals surface area contributed by atoms with Gasteiger partial charge in [0.15, 0.2) is 0 Å². The van der Waals surface area contributed by atoms with Crippen LogP contribution in [0.15, 0.2) is 18.2 Å². The van der Waals surface area contributed by atoms with Gasteiger partial charge in [0.25, 0.3) is 0 Å². The fraction of sp³-hybridized carbons (Fsp3) is 0.538. The van der Waals surface area contributed by atoms with E-state index in [1.54, 1.807) is 13.2 Å². The molecule has 3 nitrogen and oxygen atoms in total. The molecule has 1 fully saturated rings. The summed E-state index contributed by atoms with van der Waals surface area (Å²) >= 11 is 0. The van der Waals surface area contributed by atoms with Gasteiger partial charge in [0, 0.05) is 6.07 Å². The molecule has 0 radical (unpaired) electrons. The van der Waals surface area contributed by atoms with Crippen LogP contribution in [0.2, 0.25) is 0 Å². The Morgan fingerprint density at radius 3 is 2.69 bits per heavy atom. The average Bonchev–Trinajstić information content (AvgIpc) is 2.80. The lowest BCUT2D eigenvalue weighted by Gasteiger charge is -2.13. The minimum Gasteiger partial charge on any atom is -0.497 e. The Balaban J connectivity index is 1.93. The van der Waals surface area contributed by atoms with E-state index in [2.05, 4.69) is 0 Å². The molecule has 0 saturated heterocycles. The molecule has 0 aromatic heterocycles. The van der Waals surface area contributed by atoms with E-state index in [-0.39, 0.29) is 0 Å². The Kier molecular flexibility index (Phi) is 3.54. The summed E-state index contributed by atoms with van der Waals surface area (Å²) in [4.78, 5) is 0. The Labute approximate surface area is 96.5 Å². The highest BCUT2D eigenvalue weighted by molar-refractivity contribution is 5.56. The molecule has 0 heterocycles. The van der Waals surface area contributed by atoms with Crippen LogP contribution in [-0.2, 0) is 0 Å². The van der Waals surface area contributed by atoms with Gasteiger partial charge in [-0.25, -0.2) is 0 Å². The summed E-state index contributed by atoms with van der Waals surface area (Å²) < 4.78 is 10.8. The van der Waals surface area contributed by atoms with Crippen molar-refractivity contribution < 1.29 is 9.47 Å². The van der Waals surface area contributed by atoms with Crippen molar-refractivity contribution in [3.8, 4) is 11.5 Å². The lowest BCUT2D eigenvalue weighted by Crippen LogP contribution is -2.09. The van der Waals surface area contributed by atoms with Crippen LogP contribution in [0.25, 0.3) is 0 Å². The van der Waals surface area contributed by atoms with Crippen molar-refractivity contribution in [2.75, 3.05) is 19.5 Å². The number of nitrogen functional groups attached to an aromatic ring is 1. The van der Waals surface area contributed by atoms with Crippen LogP contribution in [0.5, 0.6) is 11.5 Å². The average molecular weight is 221 g/mol. The molecule has 3 heteroatoms. The van der Waals surface area contributed by atoms with Crippen LogP contribution in [0.4, 0.5) is 5.69 Å². The summed E-state index contributed by atoms with van der Waals surface area (Å²) in [7, 11) is 1.63. The van der Waals surface area contributed by atoms with E-state index < -0.39 is 0 Å². The quantitative estimate of drug-likeness (QED) is 0.795. The normalized spacial score (nSPS) is 16.3. The molecular formula is C13H19NO2. The van der Waals surface area contributed by atoms with Gasteiger partial charge in [-0.3, -0.25) is 0 Å². The number of nitrogens with two attached hydrogens (primary N) is 1. The molecule has 2 rings (SSSR count). The molecule has 0 aliphatic heterocycles. The third-order valence-electron chi connectivity index (χ3n) is 3.17. The lowest BCUT2D eigenvalue weighted by molar-refractivity contribution is 0.253. The number of anilines is 1. The van der Waals surface area contributed by atoms with Crippen molar-refractivity contribution in [3.05, 3.63) is 18.2 Å². The van der Waals surface area contributed by atoms with E-state index in [1.807, 2.05) is 12.1 Å². The molecule has 0 unspecified atom stereocenters. The van der Waals surface area contributed by atoms with Crippen molar-refractivity contribution in [3.63, 3.8) is 0 Å². The predicted molar refractivity (Wildman–Crippen MR) is 64.9 cm³/mol. The van der Waals surface area contributed by atoms with Gasteiger partial charge in [-0.1, -0.05) is 12.8 Å². The van der Waals surface area contributed by atoms with Crippen LogP contribution >= 0.6 is 0 Å². The molecule has 1 aliphatic carbocycles. The van der Waals surface area contributed by atoms with Gasteiger partial charge >= 0.3 is 0 Å². The molecular weight excluding hydrogens is 202 g/mol. The molecule has 16 heavy (non-hydrogen) atoms. The van der Waals surface area contributed by atoms with Crippen molar-refractivity contribution in [2.24, 2.45) is 5.92 Å². The second-order valence-electron chi connectivity index (χ2n) is 4.37. The molecule has 1 saturated carbocycles. The third kappa shape index (κ3) is 2.60. The largest absolute Gasteiger partial charge is 0.497 e. The minimum atomic E-state index is 0.650. The van der Waals surface area contributed by atoms with Gasteiger partial charge in [-0.15, -0.1) is 0 Å². The Morgan fingerprint density at radius 2 is 2.06 bits per heavy atom. The standard InChI is InChI=1S/C13H19NO2/c1-15-11-6-7-13(12(14)8-11)16-9-10-4-2-3-5-10/h6-8,10H,2-5,9,14H2,1H3. The van der Waals surface area contributed by atoms with Crippen LogP contribution in [-0.4, -0.2) is 13.7 Å². The fourth-order valence-electron chi connectivity index (χ4n) is 2.17. The van der Waals surface area contributed by atoms with Gasteiger partial charge in [0.05, 0.1) is 19.4 Å². The number of benzene rings is 1. The summed E-state index contributed by atoms with van der Waals surface area (Å²) in [6, 6.07) is 5.55. The first-order chi connectivity index (χ1) is 7.79. The zero-order valence-corrected chi connectivity index (χ0v) is 9.74. The zero-order chi connectivity index (χ0) is 11.4. The first kappa shape index (κ1) is 11.1. The monoisotopic (exact) mass is 221 g/mol. The highest BCUT2D eigenvalue weighted by Crippen LogP contribution is 2.29. The van der Waals surface area contributed by atoms with Crippen LogP contribution in [0, 0.1) is 5.92 Å². The maximum atomic E-state index is 5.88. The number of hydrogen-bond acceptors (Lipinski definition) is 3. The SMILES string of the molecule is COc1ccc(OCC2CCCC2)c(N)c1. The van der Waals surface area contributed by atoms with E-state index in [0.717, 1.165) is 18.1 Å². The van der Waals surface area contributed by atoms with Crippen LogP contribution in [0.3, 0.4) is 0 Å². The fourth-order valence-corrected chi connectivity index (χ4v) is 2.17. The van der Waals surface area contributed by atoms with E-state index in [1.165, 1.54) is 25.7 Å². The number of methoxy groups -OCH3 is 1. The summed E-state index contributed by atoms with van der Waals surface area (Å²) in [6.07, 6.45) is 5.25.